The van der Waals surface area contributed by atoms with E-state index in [1.165, 1.54) is 4.31 Å². The van der Waals surface area contributed by atoms with Gasteiger partial charge in [0.2, 0.25) is 10.0 Å². The second kappa shape index (κ2) is 6.94. The summed E-state index contributed by atoms with van der Waals surface area (Å²) in [6.45, 7) is 1.20. The quantitative estimate of drug-likeness (QED) is 0.635. The van der Waals surface area contributed by atoms with Crippen LogP contribution in [0.4, 0.5) is 0 Å². The van der Waals surface area contributed by atoms with E-state index in [9.17, 15) is 8.42 Å². The number of hydrogen-bond acceptors (Lipinski definition) is 4. The Hall–Kier alpha value is -2.03. The van der Waals surface area contributed by atoms with E-state index in [0.29, 0.717) is 30.2 Å². The van der Waals surface area contributed by atoms with Crippen LogP contribution in [0, 0.1) is 0 Å². The second-order valence-corrected chi connectivity index (χ2v) is 9.00. The Morgan fingerprint density at radius 2 is 1.81 bits per heavy atom. The van der Waals surface area contributed by atoms with E-state index in [2.05, 4.69) is 32.2 Å². The molecule has 4 rings (SSSR count). The molecule has 2 aromatic carbocycles. The van der Waals surface area contributed by atoms with Crippen molar-refractivity contribution >= 4 is 26.0 Å². The summed E-state index contributed by atoms with van der Waals surface area (Å²) in [7, 11) is -3.51. The minimum atomic E-state index is -3.51. The van der Waals surface area contributed by atoms with Crippen molar-refractivity contribution in [3.8, 4) is 0 Å². The average Bonchev–Trinajstić information content (AvgIpc) is 3.05. The first-order valence-electron chi connectivity index (χ1n) is 8.24. The molecule has 0 N–H and O–H groups in total. The molecule has 0 aliphatic carbocycles. The molecule has 0 amide bonds. The number of hydrogen-bond donors (Lipinski definition) is 0. The minimum Gasteiger partial charge on any atom is -0.312 e. The van der Waals surface area contributed by atoms with E-state index in [0.717, 1.165) is 15.9 Å². The third kappa shape index (κ3) is 3.32. The fourth-order valence-corrected chi connectivity index (χ4v) is 4.96. The van der Waals surface area contributed by atoms with Crippen molar-refractivity contribution in [2.75, 3.05) is 6.54 Å². The predicted molar refractivity (Wildman–Crippen MR) is 101 cm³/mol. The highest BCUT2D eigenvalue weighted by molar-refractivity contribution is 9.10. The van der Waals surface area contributed by atoms with Crippen molar-refractivity contribution in [3.63, 3.8) is 0 Å². The zero-order valence-electron chi connectivity index (χ0n) is 13.9. The van der Waals surface area contributed by atoms with Crippen molar-refractivity contribution in [1.82, 2.24) is 19.1 Å². The van der Waals surface area contributed by atoms with Gasteiger partial charge in [-0.05, 0) is 29.8 Å². The molecule has 3 aromatic rings. The molecule has 1 aliphatic heterocycles. The maximum Gasteiger partial charge on any atom is 0.243 e. The van der Waals surface area contributed by atoms with Gasteiger partial charge in [-0.25, -0.2) is 8.42 Å². The van der Waals surface area contributed by atoms with Crippen LogP contribution in [0.5, 0.6) is 0 Å². The second-order valence-electron chi connectivity index (χ2n) is 6.14. The van der Waals surface area contributed by atoms with Gasteiger partial charge in [0.25, 0.3) is 0 Å². The molecule has 0 atom stereocenters. The molecular weight excluding hydrogens is 416 g/mol. The first-order chi connectivity index (χ1) is 12.5. The third-order valence-corrected chi connectivity index (χ3v) is 6.78. The Kier molecular flexibility index (Phi) is 4.64. The molecule has 0 unspecified atom stereocenters. The van der Waals surface area contributed by atoms with Crippen molar-refractivity contribution < 1.29 is 8.42 Å². The van der Waals surface area contributed by atoms with Gasteiger partial charge in [-0.15, -0.1) is 10.2 Å². The standard InChI is InChI=1S/C18H17BrN4O2S/c19-15-6-4-5-14(11-15)12-17-20-21-18-13-22(9-10-23(17)18)26(24,25)16-7-2-1-3-8-16/h1-8,11H,9-10,12-13H2. The summed E-state index contributed by atoms with van der Waals surface area (Å²) >= 11 is 3.48. The SMILES string of the molecule is O=S(=O)(c1ccccc1)N1CCn2c(Cc3cccc(Br)c3)nnc2C1. The highest BCUT2D eigenvalue weighted by atomic mass is 79.9. The molecule has 1 aromatic heterocycles. The van der Waals surface area contributed by atoms with Crippen LogP contribution in [0.2, 0.25) is 0 Å². The van der Waals surface area contributed by atoms with Gasteiger partial charge < -0.3 is 4.57 Å². The van der Waals surface area contributed by atoms with E-state index in [1.54, 1.807) is 30.3 Å². The number of fused-ring (bicyclic) bond motifs is 1. The lowest BCUT2D eigenvalue weighted by molar-refractivity contribution is 0.332. The zero-order valence-corrected chi connectivity index (χ0v) is 16.3. The van der Waals surface area contributed by atoms with Crippen molar-refractivity contribution in [2.45, 2.75) is 24.4 Å². The number of sulfonamides is 1. The summed E-state index contributed by atoms with van der Waals surface area (Å²) in [5.74, 6) is 1.54. The van der Waals surface area contributed by atoms with Crippen molar-refractivity contribution in [2.24, 2.45) is 0 Å². The van der Waals surface area contributed by atoms with E-state index in [4.69, 9.17) is 0 Å². The van der Waals surface area contributed by atoms with Crippen molar-refractivity contribution in [3.05, 3.63) is 76.3 Å². The molecular formula is C18H17BrN4O2S. The summed E-state index contributed by atoms with van der Waals surface area (Å²) in [5, 5.41) is 8.52. The van der Waals surface area contributed by atoms with Crippen molar-refractivity contribution in [1.29, 1.82) is 0 Å². The fourth-order valence-electron chi connectivity index (χ4n) is 3.10. The fraction of sp³-hybridized carbons (Fsp3) is 0.222. The van der Waals surface area contributed by atoms with Gasteiger partial charge in [0.15, 0.2) is 0 Å². The third-order valence-electron chi connectivity index (χ3n) is 4.43. The van der Waals surface area contributed by atoms with E-state index in [1.807, 2.05) is 22.8 Å². The van der Waals surface area contributed by atoms with Gasteiger partial charge in [-0.3, -0.25) is 0 Å². The number of benzene rings is 2. The largest absolute Gasteiger partial charge is 0.312 e. The molecule has 0 spiro atoms. The van der Waals surface area contributed by atoms with Crippen LogP contribution in [-0.2, 0) is 29.5 Å². The molecule has 8 heteroatoms. The van der Waals surface area contributed by atoms with E-state index in [-0.39, 0.29) is 6.54 Å². The van der Waals surface area contributed by atoms with Crippen LogP contribution in [0.25, 0.3) is 0 Å². The van der Waals surface area contributed by atoms with E-state index >= 15 is 0 Å². The molecule has 26 heavy (non-hydrogen) atoms. The molecule has 0 bridgehead atoms. The van der Waals surface area contributed by atoms with Crippen LogP contribution >= 0.6 is 15.9 Å². The summed E-state index contributed by atoms with van der Waals surface area (Å²) in [6, 6.07) is 16.6. The summed E-state index contributed by atoms with van der Waals surface area (Å²) in [4.78, 5) is 0.308. The maximum atomic E-state index is 12.8. The Morgan fingerprint density at radius 1 is 1.00 bits per heavy atom. The molecule has 0 saturated heterocycles. The van der Waals surface area contributed by atoms with Gasteiger partial charge in [0, 0.05) is 24.0 Å². The molecule has 134 valence electrons. The lowest BCUT2D eigenvalue weighted by Crippen LogP contribution is -2.38. The Balaban J connectivity index is 1.57. The molecule has 0 fully saturated rings. The molecule has 2 heterocycles. The van der Waals surface area contributed by atoms with Gasteiger partial charge in [0.1, 0.15) is 11.6 Å². The Bertz CT molecular complexity index is 1030. The van der Waals surface area contributed by atoms with Crippen LogP contribution < -0.4 is 0 Å². The topological polar surface area (TPSA) is 68.1 Å². The zero-order chi connectivity index (χ0) is 18.1. The van der Waals surface area contributed by atoms with Crippen LogP contribution in [0.1, 0.15) is 17.2 Å². The molecule has 0 saturated carbocycles. The van der Waals surface area contributed by atoms with Gasteiger partial charge in [-0.1, -0.05) is 46.3 Å². The first kappa shape index (κ1) is 17.4. The van der Waals surface area contributed by atoms with Gasteiger partial charge >= 0.3 is 0 Å². The monoisotopic (exact) mass is 432 g/mol. The lowest BCUT2D eigenvalue weighted by atomic mass is 10.1. The highest BCUT2D eigenvalue weighted by Crippen LogP contribution is 2.22. The number of nitrogens with zero attached hydrogens (tertiary/aromatic N) is 4. The normalized spacial score (nSPS) is 15.0. The average molecular weight is 433 g/mol. The lowest BCUT2D eigenvalue weighted by Gasteiger charge is -2.27. The maximum absolute atomic E-state index is 12.8. The van der Waals surface area contributed by atoms with Gasteiger partial charge in [0.05, 0.1) is 11.4 Å². The smallest absolute Gasteiger partial charge is 0.243 e. The molecule has 0 radical (unpaired) electrons. The number of rotatable bonds is 4. The number of aromatic nitrogens is 3. The summed E-state index contributed by atoms with van der Waals surface area (Å²) < 4.78 is 30.1. The highest BCUT2D eigenvalue weighted by Gasteiger charge is 2.30. The molecule has 6 nitrogen and oxygen atoms in total. The summed E-state index contributed by atoms with van der Waals surface area (Å²) in [6.07, 6.45) is 0.665. The van der Waals surface area contributed by atoms with Crippen LogP contribution in [0.15, 0.2) is 64.0 Å². The summed E-state index contributed by atoms with van der Waals surface area (Å²) in [5.41, 5.74) is 1.13. The van der Waals surface area contributed by atoms with Crippen LogP contribution in [0.3, 0.4) is 0 Å². The van der Waals surface area contributed by atoms with Gasteiger partial charge in [-0.2, -0.15) is 4.31 Å². The number of halogens is 1. The van der Waals surface area contributed by atoms with E-state index < -0.39 is 10.0 Å². The minimum absolute atomic E-state index is 0.239. The first-order valence-corrected chi connectivity index (χ1v) is 10.5. The van der Waals surface area contributed by atoms with Crippen LogP contribution in [-0.4, -0.2) is 34.0 Å². The Labute approximate surface area is 160 Å². The molecule has 1 aliphatic rings. The Morgan fingerprint density at radius 3 is 2.58 bits per heavy atom. The predicted octanol–water partition coefficient (Wildman–Crippen LogP) is 2.84.